The molecule has 0 aromatic carbocycles. The Kier molecular flexibility index (Phi) is 2.09. The monoisotopic (exact) mass is 208 g/mol. The average molecular weight is 208 g/mol. The van der Waals surface area contributed by atoms with E-state index in [0.717, 1.165) is 11.1 Å². The third kappa shape index (κ3) is 1.31. The fraction of sp³-hybridized carbons (Fsp3) is 0.111. The van der Waals surface area contributed by atoms with Crippen molar-refractivity contribution >= 4 is 17.3 Å². The average Bonchev–Trinajstić information content (AvgIpc) is 2.70. The number of aromatic carboxylic acids is 1. The van der Waals surface area contributed by atoms with Gasteiger partial charge >= 0.3 is 5.97 Å². The third-order valence-electron chi connectivity index (χ3n) is 1.99. The number of aromatic amines is 1. The first-order valence-corrected chi connectivity index (χ1v) is 4.94. The molecule has 0 aliphatic carbocycles. The van der Waals surface area contributed by atoms with E-state index < -0.39 is 5.97 Å². The van der Waals surface area contributed by atoms with Crippen LogP contribution < -0.4 is 0 Å². The van der Waals surface area contributed by atoms with Crippen LogP contribution in [0.4, 0.5) is 0 Å². The minimum atomic E-state index is -0.959. The van der Waals surface area contributed by atoms with Crippen LogP contribution >= 0.6 is 11.3 Å². The van der Waals surface area contributed by atoms with Crippen molar-refractivity contribution in [3.05, 3.63) is 28.1 Å². The van der Waals surface area contributed by atoms with Crippen molar-refractivity contribution in [1.29, 1.82) is 0 Å². The summed E-state index contributed by atoms with van der Waals surface area (Å²) in [6, 6.07) is 0. The summed E-state index contributed by atoms with van der Waals surface area (Å²) >= 11 is 1.54. The number of rotatable bonds is 2. The van der Waals surface area contributed by atoms with Crippen LogP contribution in [0.1, 0.15) is 15.9 Å². The van der Waals surface area contributed by atoms with Gasteiger partial charge in [0.25, 0.3) is 0 Å². The summed E-state index contributed by atoms with van der Waals surface area (Å²) < 4.78 is 0. The molecule has 72 valence electrons. The van der Waals surface area contributed by atoms with E-state index in [2.05, 4.69) is 10.2 Å². The number of H-pyrrole nitrogens is 1. The quantitative estimate of drug-likeness (QED) is 0.794. The van der Waals surface area contributed by atoms with Gasteiger partial charge in [-0.3, -0.25) is 5.10 Å². The molecule has 0 atom stereocenters. The van der Waals surface area contributed by atoms with E-state index in [-0.39, 0.29) is 5.56 Å². The van der Waals surface area contributed by atoms with Crippen molar-refractivity contribution in [2.45, 2.75) is 6.92 Å². The zero-order valence-corrected chi connectivity index (χ0v) is 8.26. The van der Waals surface area contributed by atoms with Gasteiger partial charge in [-0.05, 0) is 17.9 Å². The van der Waals surface area contributed by atoms with E-state index in [4.69, 9.17) is 5.11 Å². The Labute approximate surface area is 84.2 Å². The van der Waals surface area contributed by atoms with Gasteiger partial charge in [0, 0.05) is 10.9 Å². The molecule has 2 heterocycles. The Morgan fingerprint density at radius 2 is 2.36 bits per heavy atom. The molecule has 4 nitrogen and oxygen atoms in total. The van der Waals surface area contributed by atoms with Gasteiger partial charge in [-0.1, -0.05) is 0 Å². The standard InChI is InChI=1S/C9H8N2O2S/c1-5-3-14-4-7(5)8-6(9(12)13)2-10-11-8/h2-4H,1H3,(H,10,11)(H,12,13). The number of hydrogen-bond donors (Lipinski definition) is 2. The van der Waals surface area contributed by atoms with Gasteiger partial charge in [0.05, 0.1) is 11.9 Å². The molecule has 0 spiro atoms. The predicted molar refractivity (Wildman–Crippen MR) is 53.6 cm³/mol. The molecule has 5 heteroatoms. The van der Waals surface area contributed by atoms with Gasteiger partial charge < -0.3 is 5.11 Å². The molecule has 2 rings (SSSR count). The second kappa shape index (κ2) is 3.26. The van der Waals surface area contributed by atoms with Crippen molar-refractivity contribution in [2.75, 3.05) is 0 Å². The molecular weight excluding hydrogens is 200 g/mol. The first-order chi connectivity index (χ1) is 6.70. The molecular formula is C9H8N2O2S. The zero-order chi connectivity index (χ0) is 10.1. The molecule has 0 saturated heterocycles. The highest BCUT2D eigenvalue weighted by molar-refractivity contribution is 7.08. The number of carboxylic acids is 1. The first kappa shape index (κ1) is 8.96. The normalized spacial score (nSPS) is 10.4. The summed E-state index contributed by atoms with van der Waals surface area (Å²) in [4.78, 5) is 10.8. The van der Waals surface area contributed by atoms with E-state index in [1.54, 1.807) is 11.3 Å². The highest BCUT2D eigenvalue weighted by atomic mass is 32.1. The summed E-state index contributed by atoms with van der Waals surface area (Å²) in [5.74, 6) is -0.959. The lowest BCUT2D eigenvalue weighted by Crippen LogP contribution is -1.96. The molecule has 0 amide bonds. The van der Waals surface area contributed by atoms with Gasteiger partial charge in [0.2, 0.25) is 0 Å². The van der Waals surface area contributed by atoms with Crippen LogP contribution in [0.25, 0.3) is 11.3 Å². The summed E-state index contributed by atoms with van der Waals surface area (Å²) in [5.41, 5.74) is 2.76. The van der Waals surface area contributed by atoms with E-state index in [9.17, 15) is 4.79 Å². The molecule has 0 aliphatic heterocycles. The minimum absolute atomic E-state index is 0.214. The number of thiophene rings is 1. The second-order valence-electron chi connectivity index (χ2n) is 2.93. The summed E-state index contributed by atoms with van der Waals surface area (Å²) in [7, 11) is 0. The van der Waals surface area contributed by atoms with Crippen LogP contribution in [0.15, 0.2) is 17.0 Å². The fourth-order valence-electron chi connectivity index (χ4n) is 1.27. The molecule has 0 radical (unpaired) electrons. The van der Waals surface area contributed by atoms with Crippen molar-refractivity contribution in [2.24, 2.45) is 0 Å². The Morgan fingerprint density at radius 3 is 2.93 bits per heavy atom. The maximum atomic E-state index is 10.8. The van der Waals surface area contributed by atoms with Crippen LogP contribution in [0, 0.1) is 6.92 Å². The van der Waals surface area contributed by atoms with Crippen LogP contribution in [-0.2, 0) is 0 Å². The SMILES string of the molecule is Cc1cscc1-c1[nH]ncc1C(=O)O. The lowest BCUT2D eigenvalue weighted by molar-refractivity contribution is 0.0698. The Hall–Kier alpha value is -1.62. The highest BCUT2D eigenvalue weighted by Crippen LogP contribution is 2.27. The van der Waals surface area contributed by atoms with Crippen LogP contribution in [0.3, 0.4) is 0 Å². The van der Waals surface area contributed by atoms with E-state index in [0.29, 0.717) is 5.69 Å². The number of nitrogens with zero attached hydrogens (tertiary/aromatic N) is 1. The fourth-order valence-corrected chi connectivity index (χ4v) is 2.11. The van der Waals surface area contributed by atoms with Gasteiger partial charge in [0.15, 0.2) is 0 Å². The van der Waals surface area contributed by atoms with Crippen molar-refractivity contribution in [3.8, 4) is 11.3 Å². The number of carboxylic acid groups (broad SMARTS) is 1. The maximum Gasteiger partial charge on any atom is 0.339 e. The number of aryl methyl sites for hydroxylation is 1. The number of aromatic nitrogens is 2. The summed E-state index contributed by atoms with van der Waals surface area (Å²) in [6.07, 6.45) is 1.33. The molecule has 14 heavy (non-hydrogen) atoms. The Balaban J connectivity index is 2.57. The second-order valence-corrected chi connectivity index (χ2v) is 3.68. The number of hydrogen-bond acceptors (Lipinski definition) is 3. The Morgan fingerprint density at radius 1 is 1.57 bits per heavy atom. The van der Waals surface area contributed by atoms with Gasteiger partial charge in [-0.25, -0.2) is 4.79 Å². The van der Waals surface area contributed by atoms with Crippen molar-refractivity contribution in [1.82, 2.24) is 10.2 Å². The molecule has 0 fully saturated rings. The van der Waals surface area contributed by atoms with Crippen molar-refractivity contribution in [3.63, 3.8) is 0 Å². The molecule has 2 aromatic heterocycles. The molecule has 0 bridgehead atoms. The first-order valence-electron chi connectivity index (χ1n) is 4.00. The lowest BCUT2D eigenvalue weighted by Gasteiger charge is -1.97. The van der Waals surface area contributed by atoms with Crippen molar-refractivity contribution < 1.29 is 9.90 Å². The molecule has 0 aliphatic rings. The minimum Gasteiger partial charge on any atom is -0.478 e. The van der Waals surface area contributed by atoms with Crippen LogP contribution in [0.5, 0.6) is 0 Å². The molecule has 2 aromatic rings. The highest BCUT2D eigenvalue weighted by Gasteiger charge is 2.15. The largest absolute Gasteiger partial charge is 0.478 e. The van der Waals surface area contributed by atoms with E-state index in [1.807, 2.05) is 17.7 Å². The van der Waals surface area contributed by atoms with Crippen LogP contribution in [-0.4, -0.2) is 21.3 Å². The molecule has 0 saturated carbocycles. The van der Waals surface area contributed by atoms with Crippen LogP contribution in [0.2, 0.25) is 0 Å². The van der Waals surface area contributed by atoms with E-state index >= 15 is 0 Å². The predicted octanol–water partition coefficient (Wildman–Crippen LogP) is 2.14. The summed E-state index contributed by atoms with van der Waals surface area (Å²) in [5, 5.41) is 19.2. The number of nitrogens with one attached hydrogen (secondary N) is 1. The molecule has 0 unspecified atom stereocenters. The topological polar surface area (TPSA) is 66.0 Å². The zero-order valence-electron chi connectivity index (χ0n) is 7.44. The van der Waals surface area contributed by atoms with Gasteiger partial charge in [-0.2, -0.15) is 16.4 Å². The van der Waals surface area contributed by atoms with Gasteiger partial charge in [0.1, 0.15) is 5.56 Å². The number of carbonyl (C=O) groups is 1. The summed E-state index contributed by atoms with van der Waals surface area (Å²) in [6.45, 7) is 1.94. The Bertz CT molecular complexity index is 473. The smallest absolute Gasteiger partial charge is 0.339 e. The lowest BCUT2D eigenvalue weighted by atomic mass is 10.1. The van der Waals surface area contributed by atoms with E-state index in [1.165, 1.54) is 6.20 Å². The third-order valence-corrected chi connectivity index (χ3v) is 2.86. The molecule has 2 N–H and O–H groups in total. The maximum absolute atomic E-state index is 10.8. The van der Waals surface area contributed by atoms with Gasteiger partial charge in [-0.15, -0.1) is 0 Å².